The maximum absolute atomic E-state index is 13.1. The van der Waals surface area contributed by atoms with Gasteiger partial charge in [0.25, 0.3) is 11.8 Å². The molecule has 0 radical (unpaired) electrons. The highest BCUT2D eigenvalue weighted by molar-refractivity contribution is 6.09. The molecule has 0 aromatic heterocycles. The average Bonchev–Trinajstić information content (AvgIpc) is 3.20. The highest BCUT2D eigenvalue weighted by Gasteiger charge is 2.54. The lowest BCUT2D eigenvalue weighted by molar-refractivity contribution is -0.300. The van der Waals surface area contributed by atoms with Crippen LogP contribution in [0.2, 0.25) is 0 Å². The molecule has 15 heteroatoms. The molecule has 2 aliphatic heterocycles. The molecule has 1 saturated heterocycles. The van der Waals surface area contributed by atoms with Crippen LogP contribution >= 0.6 is 0 Å². The van der Waals surface area contributed by atoms with E-state index in [0.717, 1.165) is 39.5 Å². The van der Waals surface area contributed by atoms with Crippen LogP contribution < -0.4 is 5.32 Å². The van der Waals surface area contributed by atoms with Crippen LogP contribution in [0.1, 0.15) is 45.0 Å². The topological polar surface area (TPSA) is 190 Å². The molecule has 0 spiro atoms. The van der Waals surface area contributed by atoms with Crippen LogP contribution in [0.15, 0.2) is 41.8 Å². The quantitative estimate of drug-likeness (QED) is 0.302. The van der Waals surface area contributed by atoms with E-state index in [1.165, 1.54) is 12.1 Å². The number of benzene rings is 1. The van der Waals surface area contributed by atoms with Gasteiger partial charge in [-0.05, 0) is 12.1 Å². The van der Waals surface area contributed by atoms with E-state index in [1.807, 2.05) is 0 Å². The molecular formula is C27H30N2O13. The lowest BCUT2D eigenvalue weighted by Gasteiger charge is -2.44. The molecule has 3 amide bonds. The summed E-state index contributed by atoms with van der Waals surface area (Å²) in [5.41, 5.74) is -0.197. The summed E-state index contributed by atoms with van der Waals surface area (Å²) in [4.78, 5) is 86.6. The summed E-state index contributed by atoms with van der Waals surface area (Å²) in [7, 11) is 0. The Kier molecular flexibility index (Phi) is 10.4. The van der Waals surface area contributed by atoms with Crippen molar-refractivity contribution in [2.24, 2.45) is 0 Å². The molecule has 5 atom stereocenters. The highest BCUT2D eigenvalue weighted by atomic mass is 16.7. The van der Waals surface area contributed by atoms with Gasteiger partial charge in [-0.15, -0.1) is 0 Å². The molecule has 0 saturated carbocycles. The normalized spacial score (nSPS) is 23.5. The van der Waals surface area contributed by atoms with E-state index < -0.39 is 91.2 Å². The molecule has 0 bridgehead atoms. The van der Waals surface area contributed by atoms with Crippen molar-refractivity contribution < 1.29 is 62.0 Å². The van der Waals surface area contributed by atoms with Crippen molar-refractivity contribution in [1.29, 1.82) is 0 Å². The molecule has 1 fully saturated rings. The summed E-state index contributed by atoms with van der Waals surface area (Å²) in [6.45, 7) is 4.49. The van der Waals surface area contributed by atoms with E-state index in [2.05, 4.69) is 5.32 Å². The highest BCUT2D eigenvalue weighted by Crippen LogP contribution is 2.32. The largest absolute Gasteiger partial charge is 0.463 e. The fourth-order valence-electron chi connectivity index (χ4n) is 4.22. The lowest BCUT2D eigenvalue weighted by Crippen LogP contribution is -2.63. The Morgan fingerprint density at radius 2 is 1.40 bits per heavy atom. The second-order valence-electron chi connectivity index (χ2n) is 9.21. The molecule has 226 valence electrons. The van der Waals surface area contributed by atoms with Crippen molar-refractivity contribution in [3.05, 3.63) is 47.4 Å². The number of hydrogen-bond donors (Lipinski definition) is 1. The second kappa shape index (κ2) is 13.7. The van der Waals surface area contributed by atoms with Crippen molar-refractivity contribution in [1.82, 2.24) is 10.2 Å². The summed E-state index contributed by atoms with van der Waals surface area (Å²) in [6.07, 6.45) is -7.55. The Morgan fingerprint density at radius 1 is 0.833 bits per heavy atom. The van der Waals surface area contributed by atoms with E-state index >= 15 is 0 Å². The van der Waals surface area contributed by atoms with Gasteiger partial charge in [-0.3, -0.25) is 38.5 Å². The first-order valence-electron chi connectivity index (χ1n) is 12.7. The summed E-state index contributed by atoms with van der Waals surface area (Å²) >= 11 is 0. The van der Waals surface area contributed by atoms with Crippen LogP contribution in [-0.2, 0) is 57.2 Å². The molecular weight excluding hydrogens is 560 g/mol. The summed E-state index contributed by atoms with van der Waals surface area (Å²) in [5.74, 6) is -5.73. The molecule has 1 aromatic carbocycles. The molecule has 0 aliphatic carbocycles. The number of carbonyl (C=O) groups excluding carboxylic acids is 7. The number of nitrogens with zero attached hydrogens (tertiary/aromatic N) is 1. The van der Waals surface area contributed by atoms with Crippen molar-refractivity contribution in [2.45, 2.75) is 65.3 Å². The number of nitrogens with one attached hydrogen (secondary N) is 1. The number of amides is 3. The Hall–Kier alpha value is -4.79. The molecule has 3 rings (SSSR count). The van der Waals surface area contributed by atoms with Crippen molar-refractivity contribution in [3.8, 4) is 0 Å². The number of rotatable bonds is 9. The zero-order valence-corrected chi connectivity index (χ0v) is 23.4. The predicted molar refractivity (Wildman–Crippen MR) is 136 cm³/mol. The van der Waals surface area contributed by atoms with Crippen LogP contribution in [0.4, 0.5) is 0 Å². The summed E-state index contributed by atoms with van der Waals surface area (Å²) < 4.78 is 32.9. The van der Waals surface area contributed by atoms with Gasteiger partial charge < -0.3 is 33.7 Å². The summed E-state index contributed by atoms with van der Waals surface area (Å²) in [5, 5.41) is 2.44. The van der Waals surface area contributed by atoms with Gasteiger partial charge in [-0.2, -0.15) is 0 Å². The third kappa shape index (κ3) is 7.90. The van der Waals surface area contributed by atoms with Crippen molar-refractivity contribution in [2.75, 3.05) is 13.2 Å². The maximum atomic E-state index is 13.1. The van der Waals surface area contributed by atoms with Crippen LogP contribution in [0.5, 0.6) is 0 Å². The number of imide groups is 1. The number of carbonyl (C=O) groups is 7. The van der Waals surface area contributed by atoms with E-state index in [9.17, 15) is 33.6 Å². The van der Waals surface area contributed by atoms with Crippen LogP contribution in [0.3, 0.4) is 0 Å². The number of hydrogen-bond acceptors (Lipinski definition) is 13. The Bertz CT molecular complexity index is 1290. The Morgan fingerprint density at radius 3 is 1.95 bits per heavy atom. The second-order valence-corrected chi connectivity index (χ2v) is 9.21. The van der Waals surface area contributed by atoms with Gasteiger partial charge >= 0.3 is 23.9 Å². The fourth-order valence-corrected chi connectivity index (χ4v) is 4.22. The average molecular weight is 591 g/mol. The first-order valence-corrected chi connectivity index (χ1v) is 12.7. The first kappa shape index (κ1) is 31.7. The van der Waals surface area contributed by atoms with Gasteiger partial charge in [0.05, 0.1) is 6.54 Å². The van der Waals surface area contributed by atoms with Gasteiger partial charge in [-0.25, -0.2) is 0 Å². The predicted octanol–water partition coefficient (Wildman–Crippen LogP) is 0.116. The minimum absolute atomic E-state index is 0.200. The molecule has 2 heterocycles. The smallest absolute Gasteiger partial charge is 0.303 e. The molecule has 42 heavy (non-hydrogen) atoms. The molecule has 1 aromatic rings. The Balaban J connectivity index is 2.05. The lowest BCUT2D eigenvalue weighted by atomic mass is 9.98. The van der Waals surface area contributed by atoms with Gasteiger partial charge in [0.2, 0.25) is 18.3 Å². The number of ether oxygens (including phenoxy) is 6. The third-order valence-electron chi connectivity index (χ3n) is 5.90. The number of esters is 4. The molecule has 0 unspecified atom stereocenters. The van der Waals surface area contributed by atoms with E-state index in [0.29, 0.717) is 0 Å². The monoisotopic (exact) mass is 590 g/mol. The first-order chi connectivity index (χ1) is 19.8. The minimum Gasteiger partial charge on any atom is -0.463 e. The van der Waals surface area contributed by atoms with Crippen LogP contribution in [-0.4, -0.2) is 90.4 Å². The van der Waals surface area contributed by atoms with Crippen molar-refractivity contribution in [3.63, 3.8) is 0 Å². The molecule has 2 aliphatic rings. The van der Waals surface area contributed by atoms with E-state index in [4.69, 9.17) is 28.4 Å². The van der Waals surface area contributed by atoms with Gasteiger partial charge in [0.1, 0.15) is 24.2 Å². The van der Waals surface area contributed by atoms with Crippen LogP contribution in [0, 0.1) is 0 Å². The van der Waals surface area contributed by atoms with Crippen LogP contribution in [0.25, 0.3) is 0 Å². The van der Waals surface area contributed by atoms with Crippen molar-refractivity contribution >= 4 is 41.6 Å². The van der Waals surface area contributed by atoms with Gasteiger partial charge in [0.15, 0.2) is 12.2 Å². The third-order valence-corrected chi connectivity index (χ3v) is 5.90. The van der Waals surface area contributed by atoms with E-state index in [1.54, 1.807) is 18.2 Å². The summed E-state index contributed by atoms with van der Waals surface area (Å²) in [6, 6.07) is 7.90. The SMILES string of the molecule is CC(=O)OC[C@H]1O[C@@H](OC2=C(NC(=O)c3ccccc3)C(=O)N(C(C)=O)C2)[C@H](OC(C)=O)[C@@H](OC(C)=O)[C@@H]1OC(C)=O. The zero-order chi connectivity index (χ0) is 31.1. The fraction of sp³-hybridized carbons (Fsp3) is 0.444. The minimum atomic E-state index is -1.68. The maximum Gasteiger partial charge on any atom is 0.303 e. The Labute approximate surface area is 240 Å². The van der Waals surface area contributed by atoms with E-state index in [-0.39, 0.29) is 11.3 Å². The molecule has 1 N–H and O–H groups in total. The zero-order valence-electron chi connectivity index (χ0n) is 23.4. The standard InChI is InChI=1S/C27H30N2O13/c1-13(30)29-11-19(21(26(29)36)28-25(35)18-9-7-6-8-10-18)41-27-24(40-17(5)34)23(39-16(4)33)22(38-15(3)32)20(42-27)12-37-14(2)31/h6-10,20,22-24,27H,11-12H2,1-5H3,(H,28,35)/t20-,22-,23+,24-,27-/m1/s1. The van der Waals surface area contributed by atoms with Gasteiger partial charge in [0, 0.05) is 40.2 Å². The molecule has 15 nitrogen and oxygen atoms in total. The van der Waals surface area contributed by atoms with Gasteiger partial charge in [-0.1, -0.05) is 18.2 Å².